The van der Waals surface area contributed by atoms with Gasteiger partial charge in [-0.25, -0.2) is 0 Å². The van der Waals surface area contributed by atoms with Crippen molar-refractivity contribution in [3.63, 3.8) is 0 Å². The van der Waals surface area contributed by atoms with Gasteiger partial charge in [0.05, 0.1) is 23.8 Å². The molecule has 10 atom stereocenters. The summed E-state index contributed by atoms with van der Waals surface area (Å²) in [4.78, 5) is 13.2. The third kappa shape index (κ3) is 5.03. The number of aliphatic hydroxyl groups is 7. The quantitative estimate of drug-likeness (QED) is 0.169. The van der Waals surface area contributed by atoms with Gasteiger partial charge < -0.3 is 64.6 Å². The molecule has 2 saturated heterocycles. The number of fused-ring (bicyclic) bond motifs is 1. The first-order valence-corrected chi connectivity index (χ1v) is 12.7. The molecule has 0 spiro atoms. The molecule has 0 amide bonds. The number of aliphatic hydroxyl groups excluding tert-OH is 7. The van der Waals surface area contributed by atoms with Gasteiger partial charge in [0, 0.05) is 12.1 Å². The lowest BCUT2D eigenvalue weighted by atomic mass is 9.89. The Labute approximate surface area is 231 Å². The van der Waals surface area contributed by atoms with Gasteiger partial charge in [-0.1, -0.05) is 12.1 Å². The van der Waals surface area contributed by atoms with E-state index in [1.165, 1.54) is 19.1 Å². The summed E-state index contributed by atoms with van der Waals surface area (Å²) in [7, 11) is 0. The molecule has 0 bridgehead atoms. The van der Waals surface area contributed by atoms with Crippen LogP contribution in [0.2, 0.25) is 0 Å². The summed E-state index contributed by atoms with van der Waals surface area (Å²) in [6, 6.07) is 7.94. The zero-order valence-electron chi connectivity index (χ0n) is 21.5. The fourth-order valence-electron chi connectivity index (χ4n) is 5.08. The first-order valence-electron chi connectivity index (χ1n) is 12.7. The zero-order chi connectivity index (χ0) is 29.7. The van der Waals surface area contributed by atoms with Crippen molar-refractivity contribution in [2.45, 2.75) is 68.1 Å². The number of benzene rings is 2. The average molecular weight is 579 g/mol. The van der Waals surface area contributed by atoms with E-state index in [9.17, 15) is 50.8 Å². The maximum absolute atomic E-state index is 13.2. The lowest BCUT2D eigenvalue weighted by Crippen LogP contribution is -2.58. The fraction of sp³-hybridized carbons (Fsp3) is 0.444. The standard InChI is InChI=1S/C27H30O14/c1-9-19(32)21(34)24(37)27(38-9)41-14-5-3-2-4-10(14)15-7-13(31)17-11(29)6-12(30)18(25(17)39-15)26-23(36)22(35)20(33)16(8-28)40-26/h2-7,9,16,19-24,26-30,32-37H,8H2,1H3/t9-,16+,19-,20+,21+,22-,23+,24+,26-,27?/m0/s1. The van der Waals surface area contributed by atoms with Crippen molar-refractivity contribution in [3.05, 3.63) is 52.2 Å². The molecule has 2 fully saturated rings. The minimum Gasteiger partial charge on any atom is -0.507 e. The molecule has 0 saturated carbocycles. The highest BCUT2D eigenvalue weighted by Gasteiger charge is 2.46. The predicted molar refractivity (Wildman–Crippen MR) is 137 cm³/mol. The van der Waals surface area contributed by atoms with Crippen molar-refractivity contribution in [2.75, 3.05) is 6.61 Å². The third-order valence-corrected chi connectivity index (χ3v) is 7.38. The van der Waals surface area contributed by atoms with E-state index in [2.05, 4.69) is 0 Å². The number of hydrogen-bond donors (Lipinski definition) is 9. The van der Waals surface area contributed by atoms with E-state index < -0.39 is 95.7 Å². The van der Waals surface area contributed by atoms with Crippen LogP contribution in [0, 0.1) is 0 Å². The van der Waals surface area contributed by atoms with Crippen LogP contribution in [0.5, 0.6) is 17.2 Å². The van der Waals surface area contributed by atoms with Crippen LogP contribution < -0.4 is 10.2 Å². The Bertz CT molecular complexity index is 1470. The first kappa shape index (κ1) is 29.2. The molecule has 3 aromatic rings. The van der Waals surface area contributed by atoms with E-state index in [1.54, 1.807) is 12.1 Å². The minimum atomic E-state index is -1.84. The summed E-state index contributed by atoms with van der Waals surface area (Å²) < 4.78 is 22.9. The van der Waals surface area contributed by atoms with Crippen molar-refractivity contribution in [3.8, 4) is 28.6 Å². The molecule has 1 aromatic heterocycles. The highest BCUT2D eigenvalue weighted by molar-refractivity contribution is 5.90. The van der Waals surface area contributed by atoms with E-state index >= 15 is 0 Å². The molecule has 0 aliphatic carbocycles. The van der Waals surface area contributed by atoms with Crippen LogP contribution in [0.25, 0.3) is 22.3 Å². The maximum atomic E-state index is 13.2. The number of para-hydroxylation sites is 1. The first-order chi connectivity index (χ1) is 19.4. The normalized spacial score (nSPS) is 34.0. The largest absolute Gasteiger partial charge is 0.507 e. The van der Waals surface area contributed by atoms with Gasteiger partial charge in [-0.15, -0.1) is 0 Å². The molecule has 1 unspecified atom stereocenters. The van der Waals surface area contributed by atoms with Crippen molar-refractivity contribution in [2.24, 2.45) is 0 Å². The minimum absolute atomic E-state index is 0.0219. The van der Waals surface area contributed by atoms with Gasteiger partial charge in [0.15, 0.2) is 11.0 Å². The summed E-state index contributed by atoms with van der Waals surface area (Å²) >= 11 is 0. The maximum Gasteiger partial charge on any atom is 0.229 e. The van der Waals surface area contributed by atoms with Gasteiger partial charge in [0.1, 0.15) is 77.2 Å². The zero-order valence-corrected chi connectivity index (χ0v) is 21.5. The van der Waals surface area contributed by atoms with Crippen LogP contribution in [0.1, 0.15) is 18.6 Å². The van der Waals surface area contributed by atoms with Crippen LogP contribution >= 0.6 is 0 Å². The summed E-state index contributed by atoms with van der Waals surface area (Å²) in [5, 5.41) is 92.1. The molecule has 9 N–H and O–H groups in total. The van der Waals surface area contributed by atoms with Crippen molar-refractivity contribution < 1.29 is 64.6 Å². The Hall–Kier alpha value is -3.31. The van der Waals surface area contributed by atoms with Gasteiger partial charge in [-0.3, -0.25) is 4.79 Å². The van der Waals surface area contributed by atoms with Gasteiger partial charge in [-0.2, -0.15) is 0 Å². The van der Waals surface area contributed by atoms with Gasteiger partial charge in [0.2, 0.25) is 6.29 Å². The van der Waals surface area contributed by atoms with E-state index in [0.29, 0.717) is 0 Å². The molecular weight excluding hydrogens is 548 g/mol. The van der Waals surface area contributed by atoms with Gasteiger partial charge in [-0.05, 0) is 19.1 Å². The molecule has 3 heterocycles. The molecule has 41 heavy (non-hydrogen) atoms. The second-order valence-corrected chi connectivity index (χ2v) is 10.1. The Morgan fingerprint density at radius 1 is 0.829 bits per heavy atom. The van der Waals surface area contributed by atoms with Crippen molar-refractivity contribution in [1.29, 1.82) is 0 Å². The Balaban J connectivity index is 1.63. The third-order valence-electron chi connectivity index (χ3n) is 7.38. The molecule has 2 aliphatic rings. The van der Waals surface area contributed by atoms with E-state index in [1.807, 2.05) is 0 Å². The van der Waals surface area contributed by atoms with E-state index in [-0.39, 0.29) is 22.6 Å². The van der Waals surface area contributed by atoms with Crippen molar-refractivity contribution >= 4 is 11.0 Å². The van der Waals surface area contributed by atoms with Crippen molar-refractivity contribution in [1.82, 2.24) is 0 Å². The lowest BCUT2D eigenvalue weighted by Gasteiger charge is -2.40. The number of hydrogen-bond acceptors (Lipinski definition) is 14. The summed E-state index contributed by atoms with van der Waals surface area (Å²) in [6.07, 6.45) is -15.2. The molecular formula is C27H30O14. The number of aromatic hydroxyl groups is 2. The summed E-state index contributed by atoms with van der Waals surface area (Å²) in [6.45, 7) is 0.724. The van der Waals surface area contributed by atoms with Crippen LogP contribution in [-0.2, 0) is 9.47 Å². The second kappa shape index (κ2) is 11.2. The molecule has 2 aliphatic heterocycles. The highest BCUT2D eigenvalue weighted by atomic mass is 16.7. The molecule has 0 radical (unpaired) electrons. The van der Waals surface area contributed by atoms with Crippen LogP contribution in [0.3, 0.4) is 0 Å². The fourth-order valence-corrected chi connectivity index (χ4v) is 5.08. The van der Waals surface area contributed by atoms with Crippen LogP contribution in [0.15, 0.2) is 45.6 Å². The topological polar surface area (TPSA) is 240 Å². The number of ether oxygens (including phenoxy) is 3. The molecule has 2 aromatic carbocycles. The van der Waals surface area contributed by atoms with Gasteiger partial charge in [0.25, 0.3) is 0 Å². The lowest BCUT2D eigenvalue weighted by molar-refractivity contribution is -0.268. The predicted octanol–water partition coefficient (Wildman–Crippen LogP) is -1.41. The molecule has 14 nitrogen and oxygen atoms in total. The number of rotatable bonds is 5. The average Bonchev–Trinajstić information content (AvgIpc) is 2.94. The summed E-state index contributed by atoms with van der Waals surface area (Å²) in [5.41, 5.74) is -1.41. The van der Waals surface area contributed by atoms with Gasteiger partial charge >= 0.3 is 0 Å². The van der Waals surface area contributed by atoms with Crippen LogP contribution in [-0.4, -0.2) is 108 Å². The van der Waals surface area contributed by atoms with E-state index in [0.717, 1.165) is 12.1 Å². The molecule has 5 rings (SSSR count). The smallest absolute Gasteiger partial charge is 0.229 e. The summed E-state index contributed by atoms with van der Waals surface area (Å²) in [5.74, 6) is -1.47. The SMILES string of the molecule is C[C@@H]1OC(Oc2ccccc2-c2cc(=O)c3c(O)cc(O)c([C@@H]4O[C@H](CO)[C@@H](O)[C@H](O)[C@H]4O)c3o2)[C@H](O)[C@H](O)[C@H]1O. The Morgan fingerprint density at radius 3 is 2.22 bits per heavy atom. The highest BCUT2D eigenvalue weighted by Crippen LogP contribution is 2.44. The number of phenols is 2. The molecule has 222 valence electrons. The van der Waals surface area contributed by atoms with Crippen LogP contribution in [0.4, 0.5) is 0 Å². The number of phenolic OH excluding ortho intramolecular Hbond substituents is 2. The Kier molecular flexibility index (Phi) is 7.95. The monoisotopic (exact) mass is 578 g/mol. The second-order valence-electron chi connectivity index (χ2n) is 10.1. The Morgan fingerprint density at radius 2 is 1.51 bits per heavy atom. The van der Waals surface area contributed by atoms with E-state index in [4.69, 9.17) is 18.6 Å². The molecule has 14 heteroatoms.